The largest absolute Gasteiger partial charge is 0.494 e. The molecule has 4 aromatic carbocycles. The van der Waals surface area contributed by atoms with E-state index in [0.717, 1.165) is 5.56 Å². The Labute approximate surface area is 257 Å². The van der Waals surface area contributed by atoms with Gasteiger partial charge in [0, 0.05) is 29.8 Å². The van der Waals surface area contributed by atoms with Crippen LogP contribution in [0.5, 0.6) is 5.75 Å². The number of para-hydroxylation sites is 1. The lowest BCUT2D eigenvalue weighted by molar-refractivity contribution is -0.141. The number of nitrogens with one attached hydrogen (secondary N) is 2. The lowest BCUT2D eigenvalue weighted by atomic mass is 9.83. The van der Waals surface area contributed by atoms with Crippen LogP contribution in [0.3, 0.4) is 0 Å². The predicted molar refractivity (Wildman–Crippen MR) is 168 cm³/mol. The first kappa shape index (κ1) is 31.9. The normalized spacial score (nSPS) is 11.7. The molecule has 0 saturated carbocycles. The van der Waals surface area contributed by atoms with Gasteiger partial charge in [-0.1, -0.05) is 66.7 Å². The number of carbonyl (C=O) groups excluding carboxylic acids is 3. The smallest absolute Gasteiger partial charge is 0.328 e. The Balaban J connectivity index is 1.30. The number of halogens is 1. The molecule has 0 radical (unpaired) electrons. The van der Waals surface area contributed by atoms with Crippen LogP contribution in [-0.4, -0.2) is 44.0 Å². The highest BCUT2D eigenvalue weighted by Gasteiger charge is 2.29. The number of anilines is 1. The summed E-state index contributed by atoms with van der Waals surface area (Å²) in [4.78, 5) is 38.6. The zero-order chi connectivity index (χ0) is 31.5. The Hall–Kier alpha value is -4.98. The standard InChI is InChI=1S/C36H37FN2O5/c1-36(2,27-13-9-14-28(37)24-27)35(42)38-21-10-22-44-29-19-17-25(18-20-29)23-32(34(41)43-3)39-31-16-8-7-15-30(31)33(40)26-11-5-4-6-12-26/h4-9,11-20,24,32,39H,10,21-23H2,1-3H3,(H,38,42). The van der Waals surface area contributed by atoms with Crippen LogP contribution in [0.2, 0.25) is 0 Å². The van der Waals surface area contributed by atoms with Crippen molar-refractivity contribution in [3.63, 3.8) is 0 Å². The van der Waals surface area contributed by atoms with Gasteiger partial charge in [-0.05, 0) is 67.8 Å². The van der Waals surface area contributed by atoms with Crippen LogP contribution >= 0.6 is 0 Å². The molecule has 228 valence electrons. The van der Waals surface area contributed by atoms with Crippen LogP contribution in [-0.2, 0) is 26.2 Å². The zero-order valence-electron chi connectivity index (χ0n) is 25.1. The summed E-state index contributed by atoms with van der Waals surface area (Å²) in [5.74, 6) is -0.501. The molecule has 1 amide bonds. The molecule has 4 rings (SSSR count). The maximum atomic E-state index is 13.6. The summed E-state index contributed by atoms with van der Waals surface area (Å²) >= 11 is 0. The van der Waals surface area contributed by atoms with E-state index in [2.05, 4.69) is 10.6 Å². The molecule has 0 spiro atoms. The topological polar surface area (TPSA) is 93.7 Å². The first-order chi connectivity index (χ1) is 21.2. The van der Waals surface area contributed by atoms with E-state index in [1.54, 1.807) is 62.4 Å². The molecule has 0 aliphatic carbocycles. The third-order valence-corrected chi connectivity index (χ3v) is 7.38. The van der Waals surface area contributed by atoms with E-state index in [0.29, 0.717) is 54.1 Å². The molecule has 0 saturated heterocycles. The number of benzene rings is 4. The minimum Gasteiger partial charge on any atom is -0.494 e. The number of ether oxygens (including phenoxy) is 2. The molecule has 0 bridgehead atoms. The SMILES string of the molecule is COC(=O)C(Cc1ccc(OCCCNC(=O)C(C)(C)c2cccc(F)c2)cc1)Nc1ccccc1C(=O)c1ccccc1. The van der Waals surface area contributed by atoms with Gasteiger partial charge in [-0.25, -0.2) is 9.18 Å². The molecular formula is C36H37FN2O5. The molecule has 2 N–H and O–H groups in total. The van der Waals surface area contributed by atoms with Crippen molar-refractivity contribution in [2.24, 2.45) is 0 Å². The summed E-state index contributed by atoms with van der Waals surface area (Å²) < 4.78 is 24.5. The summed E-state index contributed by atoms with van der Waals surface area (Å²) in [5.41, 5.74) is 2.19. The van der Waals surface area contributed by atoms with E-state index < -0.39 is 17.4 Å². The van der Waals surface area contributed by atoms with Gasteiger partial charge in [-0.15, -0.1) is 0 Å². The molecule has 0 aliphatic rings. The second kappa shape index (κ2) is 15.0. The van der Waals surface area contributed by atoms with E-state index in [9.17, 15) is 18.8 Å². The Bertz CT molecular complexity index is 1570. The molecule has 1 unspecified atom stereocenters. The van der Waals surface area contributed by atoms with Crippen molar-refractivity contribution in [1.29, 1.82) is 0 Å². The van der Waals surface area contributed by atoms with E-state index in [-0.39, 0.29) is 17.5 Å². The monoisotopic (exact) mass is 596 g/mol. The maximum Gasteiger partial charge on any atom is 0.328 e. The second-order valence-electron chi connectivity index (χ2n) is 10.9. The minimum atomic E-state index is -0.866. The van der Waals surface area contributed by atoms with Gasteiger partial charge in [0.25, 0.3) is 0 Å². The van der Waals surface area contributed by atoms with E-state index in [1.807, 2.05) is 42.5 Å². The van der Waals surface area contributed by atoms with Crippen molar-refractivity contribution in [3.05, 3.63) is 131 Å². The summed E-state index contributed by atoms with van der Waals surface area (Å²) in [6.07, 6.45) is 0.913. The fraction of sp³-hybridized carbons (Fsp3) is 0.250. The van der Waals surface area contributed by atoms with Crippen LogP contribution in [0.1, 0.15) is 47.3 Å². The van der Waals surface area contributed by atoms with Crippen molar-refractivity contribution < 1.29 is 28.2 Å². The zero-order valence-corrected chi connectivity index (χ0v) is 25.1. The third-order valence-electron chi connectivity index (χ3n) is 7.38. The lowest BCUT2D eigenvalue weighted by Crippen LogP contribution is -2.40. The highest BCUT2D eigenvalue weighted by atomic mass is 19.1. The molecule has 0 aliphatic heterocycles. The van der Waals surface area contributed by atoms with Gasteiger partial charge in [0.15, 0.2) is 5.78 Å². The van der Waals surface area contributed by atoms with Gasteiger partial charge in [-0.3, -0.25) is 9.59 Å². The van der Waals surface area contributed by atoms with E-state index in [1.165, 1.54) is 19.2 Å². The molecule has 4 aromatic rings. The average molecular weight is 597 g/mol. The summed E-state index contributed by atoms with van der Waals surface area (Å²) in [7, 11) is 1.33. The van der Waals surface area contributed by atoms with Gasteiger partial charge in [-0.2, -0.15) is 0 Å². The number of hydrogen-bond acceptors (Lipinski definition) is 6. The van der Waals surface area contributed by atoms with Crippen molar-refractivity contribution in [2.75, 3.05) is 25.6 Å². The summed E-state index contributed by atoms with van der Waals surface area (Å²) in [5, 5.41) is 6.11. The number of amides is 1. The fourth-order valence-corrected chi connectivity index (χ4v) is 4.73. The molecule has 8 heteroatoms. The van der Waals surface area contributed by atoms with Crippen molar-refractivity contribution >= 4 is 23.3 Å². The molecule has 44 heavy (non-hydrogen) atoms. The number of ketones is 1. The lowest BCUT2D eigenvalue weighted by Gasteiger charge is -2.24. The number of rotatable bonds is 14. The molecule has 1 atom stereocenters. The van der Waals surface area contributed by atoms with Crippen LogP contribution in [0, 0.1) is 5.82 Å². The van der Waals surface area contributed by atoms with Crippen molar-refractivity contribution in [3.8, 4) is 5.75 Å². The number of esters is 1. The van der Waals surface area contributed by atoms with Crippen LogP contribution < -0.4 is 15.4 Å². The summed E-state index contributed by atoms with van der Waals surface area (Å²) in [6.45, 7) is 4.33. The van der Waals surface area contributed by atoms with Crippen LogP contribution in [0.25, 0.3) is 0 Å². The maximum absolute atomic E-state index is 13.6. The fourth-order valence-electron chi connectivity index (χ4n) is 4.73. The van der Waals surface area contributed by atoms with Crippen molar-refractivity contribution in [1.82, 2.24) is 5.32 Å². The number of hydrogen-bond donors (Lipinski definition) is 2. The Morgan fingerprint density at radius 1 is 0.864 bits per heavy atom. The molecule has 0 fully saturated rings. The highest BCUT2D eigenvalue weighted by molar-refractivity contribution is 6.12. The quantitative estimate of drug-likeness (QED) is 0.104. The highest BCUT2D eigenvalue weighted by Crippen LogP contribution is 2.24. The van der Waals surface area contributed by atoms with E-state index in [4.69, 9.17) is 9.47 Å². The third kappa shape index (κ3) is 8.31. The second-order valence-corrected chi connectivity index (χ2v) is 10.9. The van der Waals surface area contributed by atoms with Gasteiger partial charge in [0.1, 0.15) is 17.6 Å². The van der Waals surface area contributed by atoms with Crippen LogP contribution in [0.4, 0.5) is 10.1 Å². The minimum absolute atomic E-state index is 0.145. The number of carbonyl (C=O) groups is 3. The first-order valence-corrected chi connectivity index (χ1v) is 14.5. The van der Waals surface area contributed by atoms with Gasteiger partial charge in [0.05, 0.1) is 19.1 Å². The summed E-state index contributed by atoms with van der Waals surface area (Å²) in [6, 6.07) is 28.8. The van der Waals surface area contributed by atoms with Gasteiger partial charge >= 0.3 is 5.97 Å². The van der Waals surface area contributed by atoms with Crippen LogP contribution in [0.15, 0.2) is 103 Å². The molecule has 0 aromatic heterocycles. The predicted octanol–water partition coefficient (Wildman–Crippen LogP) is 6.12. The Morgan fingerprint density at radius 3 is 2.27 bits per heavy atom. The first-order valence-electron chi connectivity index (χ1n) is 14.5. The Kier molecular flexibility index (Phi) is 10.9. The van der Waals surface area contributed by atoms with Crippen molar-refractivity contribution in [2.45, 2.75) is 38.1 Å². The average Bonchev–Trinajstić information content (AvgIpc) is 3.04. The molecule has 7 nitrogen and oxygen atoms in total. The van der Waals surface area contributed by atoms with Gasteiger partial charge < -0.3 is 20.1 Å². The van der Waals surface area contributed by atoms with Gasteiger partial charge in [0.2, 0.25) is 5.91 Å². The number of methoxy groups -OCH3 is 1. The van der Waals surface area contributed by atoms with E-state index >= 15 is 0 Å². The molecule has 0 heterocycles. The molecular weight excluding hydrogens is 559 g/mol. The Morgan fingerprint density at radius 2 is 1.57 bits per heavy atom.